The third-order valence-electron chi connectivity index (χ3n) is 2.41. The van der Waals surface area contributed by atoms with Crippen LogP contribution >= 0.6 is 15.9 Å². The maximum atomic E-state index is 11.8. The molecule has 4 nitrogen and oxygen atoms in total. The van der Waals surface area contributed by atoms with E-state index in [-0.39, 0.29) is 5.91 Å². The van der Waals surface area contributed by atoms with Crippen LogP contribution < -0.4 is 5.32 Å². The van der Waals surface area contributed by atoms with E-state index in [0.717, 1.165) is 10.0 Å². The summed E-state index contributed by atoms with van der Waals surface area (Å²) in [6.45, 7) is 0. The maximum Gasteiger partial charge on any atom is 0.225 e. The van der Waals surface area contributed by atoms with Crippen LogP contribution in [-0.2, 0) is 11.2 Å². The number of nitrogens with zero attached hydrogens (tertiary/aromatic N) is 2. The molecule has 0 fully saturated rings. The number of pyridine rings is 2. The van der Waals surface area contributed by atoms with Crippen LogP contribution in [0.1, 0.15) is 12.0 Å². The maximum absolute atomic E-state index is 11.8. The third kappa shape index (κ3) is 3.63. The Kier molecular flexibility index (Phi) is 4.41. The van der Waals surface area contributed by atoms with Crippen molar-refractivity contribution < 1.29 is 4.79 Å². The number of nitrogens with one attached hydrogen (secondary N) is 1. The molecule has 0 radical (unpaired) electrons. The SMILES string of the molecule is O=C(CCc1ccncc1)Nc1ncccc1Br. The molecule has 1 amide bonds. The average Bonchev–Trinajstić information content (AvgIpc) is 2.40. The zero-order chi connectivity index (χ0) is 12.8. The van der Waals surface area contributed by atoms with Gasteiger partial charge in [-0.25, -0.2) is 4.98 Å². The Balaban J connectivity index is 1.88. The van der Waals surface area contributed by atoms with Gasteiger partial charge in [-0.15, -0.1) is 0 Å². The molecule has 2 aromatic heterocycles. The number of carbonyl (C=O) groups excluding carboxylic acids is 1. The first-order chi connectivity index (χ1) is 8.75. The van der Waals surface area contributed by atoms with Gasteiger partial charge in [-0.1, -0.05) is 0 Å². The van der Waals surface area contributed by atoms with E-state index in [4.69, 9.17) is 0 Å². The molecule has 5 heteroatoms. The first kappa shape index (κ1) is 12.7. The Labute approximate surface area is 114 Å². The first-order valence-electron chi connectivity index (χ1n) is 5.55. The van der Waals surface area contributed by atoms with E-state index in [0.29, 0.717) is 18.7 Å². The molecule has 18 heavy (non-hydrogen) atoms. The van der Waals surface area contributed by atoms with Crippen molar-refractivity contribution in [3.63, 3.8) is 0 Å². The highest BCUT2D eigenvalue weighted by Gasteiger charge is 2.06. The summed E-state index contributed by atoms with van der Waals surface area (Å²) in [5.74, 6) is 0.503. The van der Waals surface area contributed by atoms with Crippen molar-refractivity contribution in [2.75, 3.05) is 5.32 Å². The molecule has 92 valence electrons. The molecule has 0 spiro atoms. The molecule has 0 aliphatic carbocycles. The van der Waals surface area contributed by atoms with E-state index < -0.39 is 0 Å². The fourth-order valence-electron chi connectivity index (χ4n) is 1.48. The Hall–Kier alpha value is -1.75. The van der Waals surface area contributed by atoms with Crippen LogP contribution in [0, 0.1) is 0 Å². The number of carbonyl (C=O) groups is 1. The molecule has 0 bridgehead atoms. The molecule has 0 saturated carbocycles. The molecule has 2 heterocycles. The molecule has 0 aliphatic heterocycles. The number of hydrogen-bond donors (Lipinski definition) is 1. The van der Waals surface area contributed by atoms with Crippen molar-refractivity contribution in [2.45, 2.75) is 12.8 Å². The second-order valence-corrected chi connectivity index (χ2v) is 4.59. The number of hydrogen-bond acceptors (Lipinski definition) is 3. The molecule has 0 aliphatic rings. The summed E-state index contributed by atoms with van der Waals surface area (Å²) in [5, 5.41) is 2.77. The van der Waals surface area contributed by atoms with Gasteiger partial charge in [0.05, 0.1) is 4.47 Å². The number of aromatic nitrogens is 2. The lowest BCUT2D eigenvalue weighted by atomic mass is 10.1. The Morgan fingerprint density at radius 1 is 1.22 bits per heavy atom. The summed E-state index contributed by atoms with van der Waals surface area (Å²) in [5.41, 5.74) is 1.10. The van der Waals surface area contributed by atoms with Gasteiger partial charge in [-0.3, -0.25) is 9.78 Å². The van der Waals surface area contributed by atoms with E-state index in [2.05, 4.69) is 31.2 Å². The molecule has 2 aromatic rings. The second kappa shape index (κ2) is 6.26. The van der Waals surface area contributed by atoms with Gasteiger partial charge in [0, 0.05) is 25.0 Å². The second-order valence-electron chi connectivity index (χ2n) is 3.74. The Morgan fingerprint density at radius 2 is 2.00 bits per heavy atom. The largest absolute Gasteiger partial charge is 0.310 e. The number of aryl methyl sites for hydroxylation is 1. The van der Waals surface area contributed by atoms with E-state index in [1.165, 1.54) is 0 Å². The summed E-state index contributed by atoms with van der Waals surface area (Å²) in [6.07, 6.45) is 6.21. The summed E-state index contributed by atoms with van der Waals surface area (Å²) < 4.78 is 0.780. The molecular formula is C13H12BrN3O. The van der Waals surface area contributed by atoms with Gasteiger partial charge in [0.2, 0.25) is 5.91 Å². The van der Waals surface area contributed by atoms with Gasteiger partial charge >= 0.3 is 0 Å². The smallest absolute Gasteiger partial charge is 0.225 e. The lowest BCUT2D eigenvalue weighted by Gasteiger charge is -2.05. The van der Waals surface area contributed by atoms with Crippen LogP contribution in [-0.4, -0.2) is 15.9 Å². The summed E-state index contributed by atoms with van der Waals surface area (Å²) in [6, 6.07) is 7.45. The molecule has 1 N–H and O–H groups in total. The zero-order valence-electron chi connectivity index (χ0n) is 9.64. The number of rotatable bonds is 4. The molecule has 2 rings (SSSR count). The summed E-state index contributed by atoms with van der Waals surface area (Å²) in [4.78, 5) is 19.8. The van der Waals surface area contributed by atoms with Crippen LogP contribution in [0.2, 0.25) is 0 Å². The predicted molar refractivity (Wildman–Crippen MR) is 73.1 cm³/mol. The van der Waals surface area contributed by atoms with Gasteiger partial charge in [-0.2, -0.15) is 0 Å². The molecule has 0 unspecified atom stereocenters. The van der Waals surface area contributed by atoms with E-state index in [1.54, 1.807) is 24.7 Å². The zero-order valence-corrected chi connectivity index (χ0v) is 11.2. The summed E-state index contributed by atoms with van der Waals surface area (Å²) >= 11 is 3.34. The molecule has 0 saturated heterocycles. The third-order valence-corrected chi connectivity index (χ3v) is 3.05. The normalized spacial score (nSPS) is 10.1. The Bertz CT molecular complexity index is 531. The van der Waals surface area contributed by atoms with Crippen molar-refractivity contribution in [3.8, 4) is 0 Å². The van der Waals surface area contributed by atoms with Crippen molar-refractivity contribution in [1.82, 2.24) is 9.97 Å². The Morgan fingerprint density at radius 3 is 2.72 bits per heavy atom. The van der Waals surface area contributed by atoms with Crippen molar-refractivity contribution in [3.05, 3.63) is 52.9 Å². The lowest BCUT2D eigenvalue weighted by Crippen LogP contribution is -2.13. The number of halogens is 1. The topological polar surface area (TPSA) is 54.9 Å². The van der Waals surface area contributed by atoms with Gasteiger partial charge in [-0.05, 0) is 52.2 Å². The van der Waals surface area contributed by atoms with E-state index >= 15 is 0 Å². The average molecular weight is 306 g/mol. The fraction of sp³-hybridized carbons (Fsp3) is 0.154. The highest BCUT2D eigenvalue weighted by Crippen LogP contribution is 2.18. The summed E-state index contributed by atoms with van der Waals surface area (Å²) in [7, 11) is 0. The van der Waals surface area contributed by atoms with Crippen molar-refractivity contribution in [1.29, 1.82) is 0 Å². The minimum absolute atomic E-state index is 0.0498. The molecular weight excluding hydrogens is 294 g/mol. The van der Waals surface area contributed by atoms with E-state index in [1.807, 2.05) is 18.2 Å². The predicted octanol–water partition coefficient (Wildman–Crippen LogP) is 2.81. The van der Waals surface area contributed by atoms with Gasteiger partial charge in [0.25, 0.3) is 0 Å². The van der Waals surface area contributed by atoms with Crippen LogP contribution in [0.3, 0.4) is 0 Å². The quantitative estimate of drug-likeness (QED) is 0.945. The van der Waals surface area contributed by atoms with Gasteiger partial charge < -0.3 is 5.32 Å². The van der Waals surface area contributed by atoms with Crippen LogP contribution in [0.5, 0.6) is 0 Å². The van der Waals surface area contributed by atoms with Crippen LogP contribution in [0.4, 0.5) is 5.82 Å². The monoisotopic (exact) mass is 305 g/mol. The molecule has 0 atom stereocenters. The molecule has 0 aromatic carbocycles. The van der Waals surface area contributed by atoms with Crippen molar-refractivity contribution >= 4 is 27.7 Å². The standard InChI is InChI=1S/C13H12BrN3O/c14-11-2-1-7-16-13(11)17-12(18)4-3-10-5-8-15-9-6-10/h1-2,5-9H,3-4H2,(H,16,17,18). The number of amides is 1. The highest BCUT2D eigenvalue weighted by atomic mass is 79.9. The minimum Gasteiger partial charge on any atom is -0.310 e. The lowest BCUT2D eigenvalue weighted by molar-refractivity contribution is -0.116. The van der Waals surface area contributed by atoms with Gasteiger partial charge in [0.15, 0.2) is 0 Å². The van der Waals surface area contributed by atoms with Gasteiger partial charge in [0.1, 0.15) is 5.82 Å². The number of anilines is 1. The van der Waals surface area contributed by atoms with Crippen LogP contribution in [0.25, 0.3) is 0 Å². The highest BCUT2D eigenvalue weighted by molar-refractivity contribution is 9.10. The van der Waals surface area contributed by atoms with E-state index in [9.17, 15) is 4.79 Å². The van der Waals surface area contributed by atoms with Crippen molar-refractivity contribution in [2.24, 2.45) is 0 Å². The minimum atomic E-state index is -0.0498. The first-order valence-corrected chi connectivity index (χ1v) is 6.34. The van der Waals surface area contributed by atoms with Crippen LogP contribution in [0.15, 0.2) is 47.3 Å². The fourth-order valence-corrected chi connectivity index (χ4v) is 1.83.